The lowest BCUT2D eigenvalue weighted by atomic mass is 10.2. The quantitative estimate of drug-likeness (QED) is 0.776. The van der Waals surface area contributed by atoms with Gasteiger partial charge in [-0.1, -0.05) is 0 Å². The molecule has 2 aromatic rings. The van der Waals surface area contributed by atoms with E-state index < -0.39 is 22.5 Å². The molecule has 0 atom stereocenters. The molecule has 2 rings (SSSR count). The Morgan fingerprint density at radius 1 is 1.17 bits per heavy atom. The van der Waals surface area contributed by atoms with E-state index in [-0.39, 0.29) is 16.2 Å². The Bertz CT molecular complexity index is 858. The molecule has 128 valence electrons. The van der Waals surface area contributed by atoms with Gasteiger partial charge in [0, 0.05) is 10.2 Å². The van der Waals surface area contributed by atoms with Gasteiger partial charge in [-0.25, -0.2) is 13.6 Å². The first-order chi connectivity index (χ1) is 11.2. The van der Waals surface area contributed by atoms with E-state index in [1.54, 1.807) is 0 Å². The summed E-state index contributed by atoms with van der Waals surface area (Å²) >= 11 is 3.15. The zero-order chi connectivity index (χ0) is 17.9. The summed E-state index contributed by atoms with van der Waals surface area (Å²) in [7, 11) is -3.95. The standard InChI is InChI=1S/C14H11BrF2N2O4S/c15-12-6-5-10(24(18,21)22)7-11(12)13(20)19-8-1-3-9(4-2-8)23-14(16)17/h1-7,14H,(H,19,20)(H2,18,21,22). The summed E-state index contributed by atoms with van der Waals surface area (Å²) in [4.78, 5) is 12.0. The number of anilines is 1. The number of nitrogens with one attached hydrogen (secondary N) is 1. The zero-order valence-electron chi connectivity index (χ0n) is 11.9. The molecule has 0 heterocycles. The van der Waals surface area contributed by atoms with E-state index in [0.717, 1.165) is 6.07 Å². The lowest BCUT2D eigenvalue weighted by Gasteiger charge is -2.09. The fourth-order valence-corrected chi connectivity index (χ4v) is 2.74. The summed E-state index contributed by atoms with van der Waals surface area (Å²) in [6.07, 6.45) is 0. The average Bonchev–Trinajstić information content (AvgIpc) is 2.48. The molecule has 0 aliphatic carbocycles. The molecule has 0 bridgehead atoms. The summed E-state index contributed by atoms with van der Waals surface area (Å²) in [5.41, 5.74) is 0.365. The van der Waals surface area contributed by atoms with Crippen LogP contribution in [0.1, 0.15) is 10.4 Å². The highest BCUT2D eigenvalue weighted by atomic mass is 79.9. The van der Waals surface area contributed by atoms with Gasteiger partial charge >= 0.3 is 6.61 Å². The third-order valence-electron chi connectivity index (χ3n) is 2.85. The van der Waals surface area contributed by atoms with E-state index in [2.05, 4.69) is 26.0 Å². The fourth-order valence-electron chi connectivity index (χ4n) is 1.77. The molecular formula is C14H11BrF2N2O4S. The fraction of sp³-hybridized carbons (Fsp3) is 0.0714. The van der Waals surface area contributed by atoms with Gasteiger partial charge in [-0.15, -0.1) is 0 Å². The highest BCUT2D eigenvalue weighted by Crippen LogP contribution is 2.23. The number of carbonyl (C=O) groups is 1. The number of alkyl halides is 2. The minimum atomic E-state index is -3.95. The summed E-state index contributed by atoms with van der Waals surface area (Å²) in [6.45, 7) is -2.94. The van der Waals surface area contributed by atoms with Gasteiger partial charge in [0.05, 0.1) is 10.5 Å². The highest BCUT2D eigenvalue weighted by molar-refractivity contribution is 9.10. The molecule has 10 heteroatoms. The van der Waals surface area contributed by atoms with Gasteiger partial charge in [0.2, 0.25) is 10.0 Å². The molecule has 0 saturated heterocycles. The number of sulfonamides is 1. The summed E-state index contributed by atoms with van der Waals surface area (Å²) in [5.74, 6) is -0.657. The number of carbonyl (C=O) groups excluding carboxylic acids is 1. The monoisotopic (exact) mass is 420 g/mol. The van der Waals surface area contributed by atoms with E-state index in [1.807, 2.05) is 0 Å². The van der Waals surface area contributed by atoms with Crippen LogP contribution in [0, 0.1) is 0 Å². The van der Waals surface area contributed by atoms with Gasteiger partial charge in [0.15, 0.2) is 0 Å². The molecule has 1 amide bonds. The first-order valence-corrected chi connectivity index (χ1v) is 8.69. The van der Waals surface area contributed by atoms with Crippen LogP contribution in [-0.2, 0) is 10.0 Å². The van der Waals surface area contributed by atoms with Crippen molar-refractivity contribution in [3.8, 4) is 5.75 Å². The number of amides is 1. The zero-order valence-corrected chi connectivity index (χ0v) is 14.3. The summed E-state index contributed by atoms with van der Waals surface area (Å²) in [6, 6.07) is 9.03. The van der Waals surface area contributed by atoms with Gasteiger partial charge in [-0.3, -0.25) is 4.79 Å². The van der Waals surface area contributed by atoms with Crippen LogP contribution in [0.3, 0.4) is 0 Å². The third kappa shape index (κ3) is 4.73. The number of hydrogen-bond acceptors (Lipinski definition) is 4. The number of nitrogens with two attached hydrogens (primary N) is 1. The minimum absolute atomic E-state index is 0.0504. The number of hydrogen-bond donors (Lipinski definition) is 2. The molecule has 0 unspecified atom stereocenters. The number of primary sulfonamides is 1. The molecular weight excluding hydrogens is 410 g/mol. The van der Waals surface area contributed by atoms with Crippen LogP contribution in [0.2, 0.25) is 0 Å². The van der Waals surface area contributed by atoms with Crippen molar-refractivity contribution in [1.29, 1.82) is 0 Å². The van der Waals surface area contributed by atoms with E-state index in [1.165, 1.54) is 36.4 Å². The molecule has 6 nitrogen and oxygen atoms in total. The number of benzene rings is 2. The largest absolute Gasteiger partial charge is 0.435 e. The predicted molar refractivity (Wildman–Crippen MR) is 86.5 cm³/mol. The van der Waals surface area contributed by atoms with Crippen LogP contribution in [0.4, 0.5) is 14.5 Å². The molecule has 0 spiro atoms. The molecule has 0 aliphatic rings. The van der Waals surface area contributed by atoms with E-state index in [4.69, 9.17) is 5.14 Å². The Morgan fingerprint density at radius 3 is 2.33 bits per heavy atom. The minimum Gasteiger partial charge on any atom is -0.435 e. The van der Waals surface area contributed by atoms with E-state index in [0.29, 0.717) is 10.2 Å². The van der Waals surface area contributed by atoms with E-state index in [9.17, 15) is 22.0 Å². The highest BCUT2D eigenvalue weighted by Gasteiger charge is 2.16. The Labute approximate surface area is 144 Å². The van der Waals surface area contributed by atoms with Crippen molar-refractivity contribution in [3.05, 3.63) is 52.5 Å². The number of ether oxygens (including phenoxy) is 1. The first-order valence-electron chi connectivity index (χ1n) is 6.35. The molecule has 3 N–H and O–H groups in total. The van der Waals surface area contributed by atoms with Gasteiger partial charge in [-0.2, -0.15) is 8.78 Å². The Balaban J connectivity index is 2.21. The van der Waals surface area contributed by atoms with Crippen LogP contribution >= 0.6 is 15.9 Å². The Kier molecular flexibility index (Phi) is 5.52. The maximum atomic E-state index is 12.2. The van der Waals surface area contributed by atoms with Crippen molar-refractivity contribution in [2.75, 3.05) is 5.32 Å². The Morgan fingerprint density at radius 2 is 1.79 bits per heavy atom. The normalized spacial score (nSPS) is 11.4. The Hall–Kier alpha value is -2.04. The second-order valence-electron chi connectivity index (χ2n) is 4.54. The summed E-state index contributed by atoms with van der Waals surface area (Å²) in [5, 5.41) is 7.55. The second kappa shape index (κ2) is 7.24. The molecule has 0 fully saturated rings. The maximum Gasteiger partial charge on any atom is 0.387 e. The first kappa shape index (κ1) is 18.3. The molecule has 0 saturated carbocycles. The number of rotatable bonds is 5. The molecule has 24 heavy (non-hydrogen) atoms. The SMILES string of the molecule is NS(=O)(=O)c1ccc(Br)c(C(=O)Nc2ccc(OC(F)F)cc2)c1. The predicted octanol–water partition coefficient (Wildman–Crippen LogP) is 2.95. The van der Waals surface area contributed by atoms with Crippen molar-refractivity contribution in [2.24, 2.45) is 5.14 Å². The van der Waals surface area contributed by atoms with Crippen LogP contribution in [0.15, 0.2) is 51.8 Å². The van der Waals surface area contributed by atoms with Gasteiger partial charge < -0.3 is 10.1 Å². The second-order valence-corrected chi connectivity index (χ2v) is 6.96. The smallest absolute Gasteiger partial charge is 0.387 e. The third-order valence-corrected chi connectivity index (χ3v) is 4.45. The van der Waals surface area contributed by atoms with Gasteiger partial charge in [0.1, 0.15) is 5.75 Å². The molecule has 0 radical (unpaired) electrons. The van der Waals surface area contributed by atoms with Crippen molar-refractivity contribution in [2.45, 2.75) is 11.5 Å². The van der Waals surface area contributed by atoms with Crippen LogP contribution in [0.5, 0.6) is 5.75 Å². The van der Waals surface area contributed by atoms with Crippen LogP contribution in [-0.4, -0.2) is 20.9 Å². The van der Waals surface area contributed by atoms with Crippen LogP contribution < -0.4 is 15.2 Å². The molecule has 0 aliphatic heterocycles. The lowest BCUT2D eigenvalue weighted by molar-refractivity contribution is -0.0498. The molecule has 0 aromatic heterocycles. The molecule has 2 aromatic carbocycles. The van der Waals surface area contributed by atoms with Gasteiger partial charge in [-0.05, 0) is 58.4 Å². The van der Waals surface area contributed by atoms with Crippen molar-refractivity contribution < 1.29 is 26.7 Å². The van der Waals surface area contributed by atoms with E-state index >= 15 is 0 Å². The van der Waals surface area contributed by atoms with Crippen molar-refractivity contribution in [3.63, 3.8) is 0 Å². The number of halogens is 3. The maximum absolute atomic E-state index is 12.2. The van der Waals surface area contributed by atoms with Crippen molar-refractivity contribution in [1.82, 2.24) is 0 Å². The van der Waals surface area contributed by atoms with Crippen molar-refractivity contribution >= 4 is 37.5 Å². The average molecular weight is 421 g/mol. The van der Waals surface area contributed by atoms with Crippen LogP contribution in [0.25, 0.3) is 0 Å². The summed E-state index contributed by atoms with van der Waals surface area (Å²) < 4.78 is 51.4. The van der Waals surface area contributed by atoms with Gasteiger partial charge in [0.25, 0.3) is 5.91 Å². The topological polar surface area (TPSA) is 98.5 Å². The lowest BCUT2D eigenvalue weighted by Crippen LogP contribution is -2.16.